The Morgan fingerprint density at radius 2 is 1.84 bits per heavy atom. The van der Waals surface area contributed by atoms with Gasteiger partial charge < -0.3 is 19.5 Å². The fourth-order valence-electron chi connectivity index (χ4n) is 3.35. The van der Waals surface area contributed by atoms with E-state index in [0.29, 0.717) is 34.3 Å². The molecule has 2 amide bonds. The number of nitrogens with one attached hydrogen (secondary N) is 1. The first-order valence-corrected chi connectivity index (χ1v) is 9.60. The van der Waals surface area contributed by atoms with Gasteiger partial charge in [-0.2, -0.15) is 0 Å². The van der Waals surface area contributed by atoms with Crippen molar-refractivity contribution in [1.82, 2.24) is 4.98 Å². The van der Waals surface area contributed by atoms with Crippen LogP contribution in [0.4, 0.5) is 11.5 Å². The van der Waals surface area contributed by atoms with Crippen molar-refractivity contribution < 1.29 is 23.8 Å². The number of pyridine rings is 1. The van der Waals surface area contributed by atoms with Crippen LogP contribution in [0.5, 0.6) is 17.2 Å². The molecule has 4 rings (SSSR count). The first kappa shape index (κ1) is 20.2. The monoisotopic (exact) mass is 419 g/mol. The van der Waals surface area contributed by atoms with E-state index in [2.05, 4.69) is 10.3 Å². The molecule has 31 heavy (non-hydrogen) atoms. The molecule has 1 aliphatic heterocycles. The Labute approximate surface area is 179 Å². The Hall–Kier alpha value is -4.07. The minimum Gasteiger partial charge on any atom is -0.493 e. The molecule has 1 unspecified atom stereocenters. The lowest BCUT2D eigenvalue weighted by Gasteiger charge is -2.33. The fourth-order valence-corrected chi connectivity index (χ4v) is 3.35. The van der Waals surface area contributed by atoms with E-state index in [-0.39, 0.29) is 18.4 Å². The van der Waals surface area contributed by atoms with Crippen molar-refractivity contribution in [2.24, 2.45) is 0 Å². The first-order valence-electron chi connectivity index (χ1n) is 9.60. The third-order valence-corrected chi connectivity index (χ3v) is 4.81. The summed E-state index contributed by atoms with van der Waals surface area (Å²) in [7, 11) is 3.05. The van der Waals surface area contributed by atoms with Crippen LogP contribution in [0.1, 0.15) is 11.7 Å². The summed E-state index contributed by atoms with van der Waals surface area (Å²) in [6.45, 7) is -0.218. The maximum Gasteiger partial charge on any atom is 0.274 e. The van der Waals surface area contributed by atoms with Crippen LogP contribution >= 0.6 is 0 Å². The fraction of sp³-hybridized carbons (Fsp3) is 0.174. The van der Waals surface area contributed by atoms with Crippen LogP contribution in [0, 0.1) is 0 Å². The van der Waals surface area contributed by atoms with Crippen molar-refractivity contribution in [3.63, 3.8) is 0 Å². The smallest absolute Gasteiger partial charge is 0.274 e. The second-order valence-electron chi connectivity index (χ2n) is 6.78. The SMILES string of the molecule is COc1ccc(NC(=O)CN2C(=O)C(c3ccccc3)Oc3cccnc32)cc1OC. The molecule has 0 saturated heterocycles. The van der Waals surface area contributed by atoms with E-state index in [4.69, 9.17) is 14.2 Å². The van der Waals surface area contributed by atoms with Gasteiger partial charge in [0, 0.05) is 23.5 Å². The summed E-state index contributed by atoms with van der Waals surface area (Å²) in [6.07, 6.45) is 0.698. The Morgan fingerprint density at radius 3 is 2.58 bits per heavy atom. The molecule has 2 heterocycles. The Bertz CT molecular complexity index is 1100. The summed E-state index contributed by atoms with van der Waals surface area (Å²) in [5.41, 5.74) is 1.22. The van der Waals surface area contributed by atoms with Crippen LogP contribution in [-0.4, -0.2) is 37.6 Å². The van der Waals surface area contributed by atoms with Gasteiger partial charge in [0.2, 0.25) is 12.0 Å². The molecular weight excluding hydrogens is 398 g/mol. The van der Waals surface area contributed by atoms with E-state index in [0.717, 1.165) is 0 Å². The summed E-state index contributed by atoms with van der Waals surface area (Å²) in [5.74, 6) is 1.04. The second kappa shape index (κ2) is 8.74. The van der Waals surface area contributed by atoms with Crippen LogP contribution in [0.15, 0.2) is 66.9 Å². The van der Waals surface area contributed by atoms with Gasteiger partial charge in [-0.15, -0.1) is 0 Å². The molecule has 3 aromatic rings. The Morgan fingerprint density at radius 1 is 1.06 bits per heavy atom. The van der Waals surface area contributed by atoms with E-state index in [9.17, 15) is 9.59 Å². The lowest BCUT2D eigenvalue weighted by Crippen LogP contribution is -2.45. The topological polar surface area (TPSA) is 90.0 Å². The molecule has 1 aromatic heterocycles. The first-order chi connectivity index (χ1) is 15.1. The highest BCUT2D eigenvalue weighted by Gasteiger charge is 2.37. The quantitative estimate of drug-likeness (QED) is 0.660. The number of fused-ring (bicyclic) bond motifs is 1. The van der Waals surface area contributed by atoms with Gasteiger partial charge in [0.25, 0.3) is 5.91 Å². The maximum atomic E-state index is 13.2. The number of hydrogen-bond acceptors (Lipinski definition) is 6. The number of aromatic nitrogens is 1. The van der Waals surface area contributed by atoms with Crippen molar-refractivity contribution >= 4 is 23.3 Å². The van der Waals surface area contributed by atoms with Crippen molar-refractivity contribution in [2.75, 3.05) is 31.0 Å². The Kier molecular flexibility index (Phi) is 5.70. The summed E-state index contributed by atoms with van der Waals surface area (Å²) in [6, 6.07) is 17.6. The van der Waals surface area contributed by atoms with E-state index in [1.807, 2.05) is 30.3 Å². The van der Waals surface area contributed by atoms with Gasteiger partial charge >= 0.3 is 0 Å². The van der Waals surface area contributed by atoms with Crippen LogP contribution in [0.2, 0.25) is 0 Å². The predicted molar refractivity (Wildman–Crippen MR) is 115 cm³/mol. The third-order valence-electron chi connectivity index (χ3n) is 4.81. The summed E-state index contributed by atoms with van der Waals surface area (Å²) in [4.78, 5) is 31.6. The molecule has 1 atom stereocenters. The molecule has 1 N–H and O–H groups in total. The molecule has 8 heteroatoms. The maximum absolute atomic E-state index is 13.2. The van der Waals surface area contributed by atoms with Crippen LogP contribution in [0.25, 0.3) is 0 Å². The number of rotatable bonds is 6. The van der Waals surface area contributed by atoms with Crippen molar-refractivity contribution in [1.29, 1.82) is 0 Å². The highest BCUT2D eigenvalue weighted by atomic mass is 16.5. The zero-order valence-corrected chi connectivity index (χ0v) is 17.1. The standard InChI is InChI=1S/C23H21N3O5/c1-29-17-11-10-16(13-19(17)30-2)25-20(27)14-26-22-18(9-6-12-24-22)31-21(23(26)28)15-7-4-3-5-8-15/h3-13,21H,14H2,1-2H3,(H,25,27). The molecule has 158 valence electrons. The zero-order chi connectivity index (χ0) is 21.8. The Balaban J connectivity index is 1.57. The summed E-state index contributed by atoms with van der Waals surface area (Å²) < 4.78 is 16.4. The molecule has 8 nitrogen and oxygen atoms in total. The van der Waals surface area contributed by atoms with E-state index in [1.54, 1.807) is 36.5 Å². The van der Waals surface area contributed by atoms with Crippen molar-refractivity contribution in [3.05, 3.63) is 72.4 Å². The molecule has 0 aliphatic carbocycles. The van der Waals surface area contributed by atoms with Crippen molar-refractivity contribution in [3.8, 4) is 17.2 Å². The summed E-state index contributed by atoms with van der Waals surface area (Å²) in [5, 5.41) is 2.78. The van der Waals surface area contributed by atoms with E-state index >= 15 is 0 Å². The van der Waals surface area contributed by atoms with Gasteiger partial charge in [-0.1, -0.05) is 30.3 Å². The van der Waals surface area contributed by atoms with Gasteiger partial charge in [0.15, 0.2) is 23.1 Å². The average Bonchev–Trinajstić information content (AvgIpc) is 2.81. The third kappa shape index (κ3) is 4.13. The molecule has 0 radical (unpaired) electrons. The minimum absolute atomic E-state index is 0.218. The van der Waals surface area contributed by atoms with E-state index in [1.165, 1.54) is 19.1 Å². The summed E-state index contributed by atoms with van der Waals surface area (Å²) >= 11 is 0. The molecule has 0 fully saturated rings. The van der Waals surface area contributed by atoms with Gasteiger partial charge in [0.1, 0.15) is 6.54 Å². The van der Waals surface area contributed by atoms with Gasteiger partial charge in [-0.25, -0.2) is 4.98 Å². The van der Waals surface area contributed by atoms with Gasteiger partial charge in [-0.05, 0) is 24.3 Å². The normalized spacial score (nSPS) is 15.0. The molecule has 2 aromatic carbocycles. The van der Waals surface area contributed by atoms with Crippen LogP contribution in [-0.2, 0) is 9.59 Å². The number of amides is 2. The lowest BCUT2D eigenvalue weighted by molar-refractivity contribution is -0.128. The zero-order valence-electron chi connectivity index (χ0n) is 17.1. The predicted octanol–water partition coefficient (Wildman–Crippen LogP) is 3.20. The van der Waals surface area contributed by atoms with Gasteiger partial charge in [0.05, 0.1) is 14.2 Å². The van der Waals surface area contributed by atoms with Crippen molar-refractivity contribution in [2.45, 2.75) is 6.10 Å². The minimum atomic E-state index is -0.855. The second-order valence-corrected chi connectivity index (χ2v) is 6.78. The highest BCUT2D eigenvalue weighted by Crippen LogP contribution is 2.37. The lowest BCUT2D eigenvalue weighted by atomic mass is 10.1. The molecular formula is C23H21N3O5. The van der Waals surface area contributed by atoms with Crippen LogP contribution < -0.4 is 24.4 Å². The largest absolute Gasteiger partial charge is 0.493 e. The number of nitrogens with zero attached hydrogens (tertiary/aromatic N) is 2. The van der Waals surface area contributed by atoms with E-state index < -0.39 is 6.10 Å². The number of anilines is 2. The number of methoxy groups -OCH3 is 2. The highest BCUT2D eigenvalue weighted by molar-refractivity contribution is 6.05. The molecule has 0 bridgehead atoms. The number of carbonyl (C=O) groups excluding carboxylic acids is 2. The average molecular weight is 419 g/mol. The van der Waals surface area contributed by atoms with Gasteiger partial charge in [-0.3, -0.25) is 14.5 Å². The number of carbonyl (C=O) groups is 2. The van der Waals surface area contributed by atoms with Crippen LogP contribution in [0.3, 0.4) is 0 Å². The molecule has 1 aliphatic rings. The number of ether oxygens (including phenoxy) is 3. The molecule has 0 spiro atoms. The molecule has 0 saturated carbocycles. The number of benzene rings is 2. The number of hydrogen-bond donors (Lipinski definition) is 1.